The first-order valence-corrected chi connectivity index (χ1v) is 4.43. The molecule has 0 radical (unpaired) electrons. The molecule has 0 unspecified atom stereocenters. The lowest BCUT2D eigenvalue weighted by atomic mass is 9.91. The molecule has 0 aromatic heterocycles. The second-order valence-electron chi connectivity index (χ2n) is 4.16. The number of hydrogen-bond acceptors (Lipinski definition) is 3. The Hall–Kier alpha value is -1.32. The molecule has 14 heavy (non-hydrogen) atoms. The van der Waals surface area contributed by atoms with E-state index in [2.05, 4.69) is 25.9 Å². The van der Waals surface area contributed by atoms with Crippen LogP contribution in [0.3, 0.4) is 0 Å². The molecule has 4 heteroatoms. The largest absolute Gasteiger partial charge is 0.478 e. The van der Waals surface area contributed by atoms with E-state index in [1.165, 1.54) is 11.2 Å². The van der Waals surface area contributed by atoms with Gasteiger partial charge in [0, 0.05) is 30.5 Å². The molecule has 1 N–H and O–H groups in total. The van der Waals surface area contributed by atoms with Crippen LogP contribution in [-0.4, -0.2) is 28.8 Å². The molecular formula is C10H18N2O2. The summed E-state index contributed by atoms with van der Waals surface area (Å²) in [5, 5.41) is 14.1. The molecule has 0 saturated heterocycles. The van der Waals surface area contributed by atoms with Crippen molar-refractivity contribution in [2.24, 2.45) is 10.5 Å². The van der Waals surface area contributed by atoms with E-state index in [0.29, 0.717) is 0 Å². The fourth-order valence-electron chi connectivity index (χ4n) is 0.592. The van der Waals surface area contributed by atoms with Gasteiger partial charge in [0.2, 0.25) is 0 Å². The predicted molar refractivity (Wildman–Crippen MR) is 57.1 cm³/mol. The number of nitrogens with zero attached hydrogens (tertiary/aromatic N) is 2. The third-order valence-electron chi connectivity index (χ3n) is 1.83. The summed E-state index contributed by atoms with van der Waals surface area (Å²) in [5.74, 6) is -0.972. The van der Waals surface area contributed by atoms with Gasteiger partial charge in [0.1, 0.15) is 0 Å². The second kappa shape index (κ2) is 4.79. The average molecular weight is 198 g/mol. The van der Waals surface area contributed by atoms with Crippen LogP contribution in [0.25, 0.3) is 0 Å². The summed E-state index contributed by atoms with van der Waals surface area (Å²) >= 11 is 0. The van der Waals surface area contributed by atoms with Crippen molar-refractivity contribution in [3.05, 3.63) is 12.3 Å². The maximum Gasteiger partial charge on any atom is 0.329 e. The van der Waals surface area contributed by atoms with E-state index in [-0.39, 0.29) is 5.41 Å². The molecule has 0 aliphatic rings. The highest BCUT2D eigenvalue weighted by atomic mass is 16.4. The highest BCUT2D eigenvalue weighted by Gasteiger charge is 2.14. The van der Waals surface area contributed by atoms with E-state index < -0.39 is 5.97 Å². The predicted octanol–water partition coefficient (Wildman–Crippen LogP) is 1.94. The third-order valence-corrected chi connectivity index (χ3v) is 1.83. The van der Waals surface area contributed by atoms with Crippen LogP contribution in [0.4, 0.5) is 0 Å². The minimum Gasteiger partial charge on any atom is -0.478 e. The molecule has 0 heterocycles. The summed E-state index contributed by atoms with van der Waals surface area (Å²) in [6.07, 6.45) is 2.47. The Morgan fingerprint density at radius 3 is 2.29 bits per heavy atom. The molecule has 80 valence electrons. The topological polar surface area (TPSA) is 52.9 Å². The molecular weight excluding hydrogens is 180 g/mol. The lowest BCUT2D eigenvalue weighted by Gasteiger charge is -2.19. The van der Waals surface area contributed by atoms with E-state index in [0.717, 1.165) is 11.8 Å². The van der Waals surface area contributed by atoms with Crippen LogP contribution in [0.2, 0.25) is 0 Å². The molecule has 0 aromatic rings. The highest BCUT2D eigenvalue weighted by molar-refractivity contribution is 5.86. The van der Waals surface area contributed by atoms with Gasteiger partial charge in [0.05, 0.1) is 0 Å². The Morgan fingerprint density at radius 1 is 1.43 bits per heavy atom. The number of carbonyl (C=O) groups is 1. The normalized spacial score (nSPS) is 13.4. The minimum absolute atomic E-state index is 0.00528. The SMILES string of the molecule is C/C(=N/N(C)/C=C/C(=O)O)C(C)(C)C. The first-order valence-electron chi connectivity index (χ1n) is 4.43. The van der Waals surface area contributed by atoms with E-state index >= 15 is 0 Å². The van der Waals surface area contributed by atoms with Crippen LogP contribution < -0.4 is 0 Å². The van der Waals surface area contributed by atoms with Crippen molar-refractivity contribution < 1.29 is 9.90 Å². The van der Waals surface area contributed by atoms with Crippen LogP contribution >= 0.6 is 0 Å². The van der Waals surface area contributed by atoms with Gasteiger partial charge in [-0.3, -0.25) is 5.01 Å². The summed E-state index contributed by atoms with van der Waals surface area (Å²) in [7, 11) is 1.70. The maximum atomic E-state index is 10.2. The van der Waals surface area contributed by atoms with Gasteiger partial charge >= 0.3 is 5.97 Å². The molecule has 0 aromatic carbocycles. The van der Waals surface area contributed by atoms with Crippen molar-refractivity contribution in [1.82, 2.24) is 5.01 Å². The lowest BCUT2D eigenvalue weighted by molar-refractivity contribution is -0.131. The monoisotopic (exact) mass is 198 g/mol. The summed E-state index contributed by atoms with van der Waals surface area (Å²) in [4.78, 5) is 10.2. The van der Waals surface area contributed by atoms with Gasteiger partial charge in [-0.1, -0.05) is 20.8 Å². The van der Waals surface area contributed by atoms with E-state index in [1.807, 2.05) is 6.92 Å². The zero-order valence-electron chi connectivity index (χ0n) is 9.40. The van der Waals surface area contributed by atoms with Crippen LogP contribution in [-0.2, 0) is 4.79 Å². The molecule has 0 amide bonds. The number of hydrogen-bond donors (Lipinski definition) is 1. The van der Waals surface area contributed by atoms with Gasteiger partial charge in [-0.2, -0.15) is 5.10 Å². The smallest absolute Gasteiger partial charge is 0.329 e. The van der Waals surface area contributed by atoms with Crippen molar-refractivity contribution >= 4 is 11.7 Å². The molecule has 0 aliphatic carbocycles. The fraction of sp³-hybridized carbons (Fsp3) is 0.600. The zero-order chi connectivity index (χ0) is 11.4. The average Bonchev–Trinajstić information content (AvgIpc) is 1.99. The molecule has 0 fully saturated rings. The van der Waals surface area contributed by atoms with Gasteiger partial charge in [0.15, 0.2) is 0 Å². The number of carboxylic acid groups (broad SMARTS) is 1. The quantitative estimate of drug-likeness (QED) is 0.428. The van der Waals surface area contributed by atoms with Crippen molar-refractivity contribution in [3.63, 3.8) is 0 Å². The molecule has 0 spiro atoms. The Bertz CT molecular complexity index is 262. The zero-order valence-corrected chi connectivity index (χ0v) is 9.40. The van der Waals surface area contributed by atoms with Crippen molar-refractivity contribution in [2.45, 2.75) is 27.7 Å². The first kappa shape index (κ1) is 12.7. The number of rotatable bonds is 3. The van der Waals surface area contributed by atoms with E-state index in [9.17, 15) is 4.79 Å². The Labute approximate surface area is 84.9 Å². The molecule has 0 atom stereocenters. The summed E-state index contributed by atoms with van der Waals surface area (Å²) in [6.45, 7) is 8.09. The van der Waals surface area contributed by atoms with E-state index in [4.69, 9.17) is 5.11 Å². The van der Waals surface area contributed by atoms with Gasteiger partial charge in [0.25, 0.3) is 0 Å². The van der Waals surface area contributed by atoms with Crippen molar-refractivity contribution in [1.29, 1.82) is 0 Å². The molecule has 4 nitrogen and oxygen atoms in total. The van der Waals surface area contributed by atoms with E-state index in [1.54, 1.807) is 7.05 Å². The number of carboxylic acids is 1. The summed E-state index contributed by atoms with van der Waals surface area (Å²) < 4.78 is 0. The molecule has 0 saturated carbocycles. The lowest BCUT2D eigenvalue weighted by Crippen LogP contribution is -2.20. The van der Waals surface area contributed by atoms with Crippen LogP contribution in [0.1, 0.15) is 27.7 Å². The Kier molecular flexibility index (Phi) is 4.34. The van der Waals surface area contributed by atoms with Crippen LogP contribution in [0.15, 0.2) is 17.4 Å². The van der Waals surface area contributed by atoms with Gasteiger partial charge < -0.3 is 5.11 Å². The molecule has 0 rings (SSSR count). The van der Waals surface area contributed by atoms with Gasteiger partial charge in [-0.15, -0.1) is 0 Å². The molecule has 0 aliphatic heterocycles. The van der Waals surface area contributed by atoms with Crippen molar-refractivity contribution in [2.75, 3.05) is 7.05 Å². The fourth-order valence-corrected chi connectivity index (χ4v) is 0.592. The van der Waals surface area contributed by atoms with Crippen LogP contribution in [0, 0.1) is 5.41 Å². The molecule has 0 bridgehead atoms. The standard InChI is InChI=1S/C10H18N2O2/c1-8(10(2,3)4)11-12(5)7-6-9(13)14/h6-7H,1-5H3,(H,13,14)/b7-6+,11-8-. The first-order chi connectivity index (χ1) is 6.23. The minimum atomic E-state index is -0.972. The van der Waals surface area contributed by atoms with Gasteiger partial charge in [-0.25, -0.2) is 4.79 Å². The Balaban J connectivity index is 4.44. The highest BCUT2D eigenvalue weighted by Crippen LogP contribution is 2.15. The third kappa shape index (κ3) is 5.35. The summed E-state index contributed by atoms with van der Waals surface area (Å²) in [5.41, 5.74) is 0.959. The summed E-state index contributed by atoms with van der Waals surface area (Å²) in [6, 6.07) is 0. The van der Waals surface area contributed by atoms with Crippen LogP contribution in [0.5, 0.6) is 0 Å². The van der Waals surface area contributed by atoms with Gasteiger partial charge in [-0.05, 0) is 6.92 Å². The number of hydrazone groups is 1. The Morgan fingerprint density at radius 2 is 1.93 bits per heavy atom. The number of aliphatic carboxylic acids is 1. The second-order valence-corrected chi connectivity index (χ2v) is 4.16. The van der Waals surface area contributed by atoms with Crippen molar-refractivity contribution in [3.8, 4) is 0 Å². The maximum absolute atomic E-state index is 10.2.